The van der Waals surface area contributed by atoms with E-state index in [0.717, 1.165) is 35.1 Å². The van der Waals surface area contributed by atoms with E-state index in [1.54, 1.807) is 30.0 Å². The van der Waals surface area contributed by atoms with Crippen LogP contribution in [-0.4, -0.2) is 18.4 Å². The summed E-state index contributed by atoms with van der Waals surface area (Å²) in [6.07, 6.45) is 1.81. The van der Waals surface area contributed by atoms with Crippen LogP contribution in [-0.2, 0) is 11.2 Å². The molecule has 0 saturated heterocycles. The van der Waals surface area contributed by atoms with Gasteiger partial charge in [0.1, 0.15) is 0 Å². The smallest absolute Gasteiger partial charge is 0.257 e. The molecular formula is C18H16BrClN2O2. The van der Waals surface area contributed by atoms with Gasteiger partial charge in [0.05, 0.1) is 10.6 Å². The van der Waals surface area contributed by atoms with E-state index in [0.29, 0.717) is 16.3 Å². The van der Waals surface area contributed by atoms with Gasteiger partial charge in [-0.05, 0) is 54.8 Å². The predicted octanol–water partition coefficient (Wildman–Crippen LogP) is 4.65. The van der Waals surface area contributed by atoms with Crippen molar-refractivity contribution in [2.45, 2.75) is 19.8 Å². The molecule has 0 fully saturated rings. The number of hydrogen-bond donors (Lipinski definition) is 1. The Balaban J connectivity index is 1.85. The third-order valence-electron chi connectivity index (χ3n) is 4.01. The van der Waals surface area contributed by atoms with Crippen LogP contribution in [0, 0.1) is 0 Å². The molecule has 1 heterocycles. The molecule has 124 valence electrons. The van der Waals surface area contributed by atoms with Crippen LogP contribution in [0.5, 0.6) is 0 Å². The van der Waals surface area contributed by atoms with E-state index in [4.69, 9.17) is 11.6 Å². The number of halogens is 2. The largest absolute Gasteiger partial charge is 0.322 e. The van der Waals surface area contributed by atoms with E-state index in [1.165, 1.54) is 0 Å². The molecule has 0 radical (unpaired) electrons. The summed E-state index contributed by atoms with van der Waals surface area (Å²) in [7, 11) is 0. The van der Waals surface area contributed by atoms with E-state index >= 15 is 0 Å². The lowest BCUT2D eigenvalue weighted by atomic mass is 10.0. The van der Waals surface area contributed by atoms with Crippen LogP contribution in [0.4, 0.5) is 11.4 Å². The number of nitrogens with zero attached hydrogens (tertiary/aromatic N) is 1. The standard InChI is InChI=1S/C18H16BrClN2O2/c1-11(23)22-8-2-3-12-9-14(5-7-17(12)22)21-18(24)15-10-13(19)4-6-16(15)20/h4-7,9-10H,2-3,8H2,1H3,(H,21,24). The Hall–Kier alpha value is -1.85. The average Bonchev–Trinajstić information content (AvgIpc) is 2.56. The van der Waals surface area contributed by atoms with E-state index in [2.05, 4.69) is 21.2 Å². The number of hydrogen-bond acceptors (Lipinski definition) is 2. The Kier molecular flexibility index (Phi) is 4.92. The average molecular weight is 408 g/mol. The molecule has 4 nitrogen and oxygen atoms in total. The minimum absolute atomic E-state index is 0.0358. The van der Waals surface area contributed by atoms with Crippen LogP contribution in [0.2, 0.25) is 5.02 Å². The molecule has 0 spiro atoms. The highest BCUT2D eigenvalue weighted by molar-refractivity contribution is 9.10. The van der Waals surface area contributed by atoms with Gasteiger partial charge in [0.2, 0.25) is 5.91 Å². The van der Waals surface area contributed by atoms with Crippen molar-refractivity contribution in [2.75, 3.05) is 16.8 Å². The maximum atomic E-state index is 12.4. The lowest BCUT2D eigenvalue weighted by molar-refractivity contribution is -0.116. The lowest BCUT2D eigenvalue weighted by Gasteiger charge is -2.29. The Bertz CT molecular complexity index is 823. The van der Waals surface area contributed by atoms with Gasteiger partial charge in [0.25, 0.3) is 5.91 Å². The number of nitrogens with one attached hydrogen (secondary N) is 1. The van der Waals surface area contributed by atoms with Gasteiger partial charge in [0.15, 0.2) is 0 Å². The second-order valence-corrected chi connectivity index (χ2v) is 7.02. The molecule has 24 heavy (non-hydrogen) atoms. The first kappa shape index (κ1) is 17.0. The summed E-state index contributed by atoms with van der Waals surface area (Å²) in [5, 5.41) is 3.27. The molecule has 1 N–H and O–H groups in total. The summed E-state index contributed by atoms with van der Waals surface area (Å²) >= 11 is 9.44. The summed E-state index contributed by atoms with van der Waals surface area (Å²) in [6, 6.07) is 10.8. The second kappa shape index (κ2) is 6.95. The number of carbonyl (C=O) groups excluding carboxylic acids is 2. The van der Waals surface area contributed by atoms with E-state index < -0.39 is 0 Å². The third kappa shape index (κ3) is 3.47. The van der Waals surface area contributed by atoms with Crippen LogP contribution < -0.4 is 10.2 Å². The number of fused-ring (bicyclic) bond motifs is 1. The molecule has 0 unspecified atom stereocenters. The molecule has 1 aliphatic heterocycles. The van der Waals surface area contributed by atoms with Crippen LogP contribution >= 0.6 is 27.5 Å². The molecule has 2 amide bonds. The summed E-state index contributed by atoms with van der Waals surface area (Å²) in [6.45, 7) is 2.31. The van der Waals surface area contributed by atoms with Gasteiger partial charge < -0.3 is 10.2 Å². The van der Waals surface area contributed by atoms with Crippen LogP contribution in [0.3, 0.4) is 0 Å². The predicted molar refractivity (Wildman–Crippen MR) is 99.9 cm³/mol. The van der Waals surface area contributed by atoms with E-state index in [9.17, 15) is 9.59 Å². The Morgan fingerprint density at radius 1 is 1.21 bits per heavy atom. The SMILES string of the molecule is CC(=O)N1CCCc2cc(NC(=O)c3cc(Br)ccc3Cl)ccc21. The van der Waals surface area contributed by atoms with Crippen molar-refractivity contribution >= 4 is 50.7 Å². The molecule has 3 rings (SSSR count). The zero-order valence-electron chi connectivity index (χ0n) is 13.1. The zero-order valence-corrected chi connectivity index (χ0v) is 15.4. The van der Waals surface area contributed by atoms with Crippen LogP contribution in [0.1, 0.15) is 29.3 Å². The molecule has 1 aliphatic rings. The molecule has 0 aromatic heterocycles. The maximum absolute atomic E-state index is 12.4. The Labute approximate surface area is 153 Å². The highest BCUT2D eigenvalue weighted by atomic mass is 79.9. The maximum Gasteiger partial charge on any atom is 0.257 e. The Morgan fingerprint density at radius 3 is 2.75 bits per heavy atom. The molecule has 6 heteroatoms. The third-order valence-corrected chi connectivity index (χ3v) is 4.83. The first-order valence-electron chi connectivity index (χ1n) is 7.63. The van der Waals surface area contributed by atoms with Crippen molar-refractivity contribution in [3.8, 4) is 0 Å². The van der Waals surface area contributed by atoms with Gasteiger partial charge in [-0.1, -0.05) is 27.5 Å². The van der Waals surface area contributed by atoms with Crippen molar-refractivity contribution in [3.63, 3.8) is 0 Å². The minimum atomic E-state index is -0.263. The van der Waals surface area contributed by atoms with Crippen molar-refractivity contribution in [1.82, 2.24) is 0 Å². The van der Waals surface area contributed by atoms with E-state index in [1.807, 2.05) is 18.2 Å². The summed E-state index contributed by atoms with van der Waals surface area (Å²) in [4.78, 5) is 25.9. The number of anilines is 2. The molecule has 0 saturated carbocycles. The lowest BCUT2D eigenvalue weighted by Crippen LogP contribution is -2.33. The first-order chi connectivity index (χ1) is 11.5. The fourth-order valence-electron chi connectivity index (χ4n) is 2.87. The summed E-state index contributed by atoms with van der Waals surface area (Å²) < 4.78 is 0.791. The molecular weight excluding hydrogens is 392 g/mol. The van der Waals surface area contributed by atoms with Gasteiger partial charge in [0, 0.05) is 29.3 Å². The van der Waals surface area contributed by atoms with Crippen LogP contribution in [0.15, 0.2) is 40.9 Å². The molecule has 0 aliphatic carbocycles. The highest BCUT2D eigenvalue weighted by Crippen LogP contribution is 2.30. The van der Waals surface area contributed by atoms with Crippen molar-refractivity contribution in [1.29, 1.82) is 0 Å². The van der Waals surface area contributed by atoms with Crippen molar-refractivity contribution < 1.29 is 9.59 Å². The topological polar surface area (TPSA) is 49.4 Å². The Morgan fingerprint density at radius 2 is 2.00 bits per heavy atom. The fourth-order valence-corrected chi connectivity index (χ4v) is 3.44. The monoisotopic (exact) mass is 406 g/mol. The van der Waals surface area contributed by atoms with E-state index in [-0.39, 0.29) is 11.8 Å². The van der Waals surface area contributed by atoms with Gasteiger partial charge in [-0.25, -0.2) is 0 Å². The molecule has 0 bridgehead atoms. The highest BCUT2D eigenvalue weighted by Gasteiger charge is 2.20. The first-order valence-corrected chi connectivity index (χ1v) is 8.80. The second-order valence-electron chi connectivity index (χ2n) is 5.70. The number of aryl methyl sites for hydroxylation is 1. The number of rotatable bonds is 2. The number of carbonyl (C=O) groups is 2. The van der Waals surface area contributed by atoms with Crippen molar-refractivity contribution in [3.05, 3.63) is 57.0 Å². The quantitative estimate of drug-likeness (QED) is 0.787. The number of amides is 2. The number of benzene rings is 2. The molecule has 0 atom stereocenters. The minimum Gasteiger partial charge on any atom is -0.322 e. The summed E-state index contributed by atoms with van der Waals surface area (Å²) in [5.74, 6) is -0.228. The normalized spacial score (nSPS) is 13.4. The van der Waals surface area contributed by atoms with Crippen molar-refractivity contribution in [2.24, 2.45) is 0 Å². The fraction of sp³-hybridized carbons (Fsp3) is 0.222. The zero-order chi connectivity index (χ0) is 17.3. The van der Waals surface area contributed by atoms with Crippen LogP contribution in [0.25, 0.3) is 0 Å². The van der Waals surface area contributed by atoms with Gasteiger partial charge in [-0.2, -0.15) is 0 Å². The summed E-state index contributed by atoms with van der Waals surface area (Å²) in [5.41, 5.74) is 3.09. The molecule has 2 aromatic rings. The van der Waals surface area contributed by atoms with Gasteiger partial charge in [-0.15, -0.1) is 0 Å². The van der Waals surface area contributed by atoms with Gasteiger partial charge in [-0.3, -0.25) is 9.59 Å². The molecule has 2 aromatic carbocycles. The van der Waals surface area contributed by atoms with Gasteiger partial charge >= 0.3 is 0 Å².